The molecule has 0 amide bonds. The minimum atomic E-state index is -0.991. The summed E-state index contributed by atoms with van der Waals surface area (Å²) in [4.78, 5) is 10.8. The average molecular weight is 208 g/mol. The Labute approximate surface area is 89.4 Å². The molecule has 0 aliphatic heterocycles. The smallest absolute Gasteiger partial charge is 0.313 e. The molecule has 3 heteroatoms. The topological polar surface area (TPSA) is 57.5 Å². The van der Waals surface area contributed by atoms with E-state index in [4.69, 9.17) is 10.2 Å². The second kappa shape index (κ2) is 4.94. The highest BCUT2D eigenvalue weighted by molar-refractivity contribution is 5.76. The maximum atomic E-state index is 10.8. The van der Waals surface area contributed by atoms with Crippen LogP contribution in [0.3, 0.4) is 0 Å². The Morgan fingerprint density at radius 2 is 1.67 bits per heavy atom. The molecule has 0 fully saturated rings. The van der Waals surface area contributed by atoms with Crippen molar-refractivity contribution in [3.05, 3.63) is 35.4 Å². The van der Waals surface area contributed by atoms with Crippen LogP contribution in [0.25, 0.3) is 0 Å². The first-order chi connectivity index (χ1) is 7.06. The molecule has 0 saturated heterocycles. The van der Waals surface area contributed by atoms with Crippen LogP contribution in [0.1, 0.15) is 36.8 Å². The van der Waals surface area contributed by atoms with E-state index in [0.29, 0.717) is 11.5 Å². The third kappa shape index (κ3) is 2.80. The highest BCUT2D eigenvalue weighted by Gasteiger charge is 2.18. The molecule has 0 radical (unpaired) electrons. The van der Waals surface area contributed by atoms with Crippen LogP contribution in [0.15, 0.2) is 24.3 Å². The first-order valence-electron chi connectivity index (χ1n) is 4.99. The van der Waals surface area contributed by atoms with Crippen LogP contribution in [0, 0.1) is 0 Å². The molecular weight excluding hydrogens is 192 g/mol. The summed E-state index contributed by atoms with van der Waals surface area (Å²) in [6.07, 6.45) is 0. The molecule has 0 aromatic heterocycles. The van der Waals surface area contributed by atoms with Crippen LogP contribution in [0.4, 0.5) is 0 Å². The number of carbonyl (C=O) groups is 1. The number of benzene rings is 1. The third-order valence-electron chi connectivity index (χ3n) is 2.49. The van der Waals surface area contributed by atoms with Crippen molar-refractivity contribution in [2.24, 2.45) is 0 Å². The van der Waals surface area contributed by atoms with Crippen LogP contribution in [0.5, 0.6) is 0 Å². The van der Waals surface area contributed by atoms with Crippen molar-refractivity contribution in [1.29, 1.82) is 0 Å². The standard InChI is InChI=1S/C12H16O3/c1-8(2)9-3-5-10(6-4-9)11(7-13)12(14)15/h3-6,8,11,13H,7H2,1-2H3,(H,14,15). The predicted molar refractivity (Wildman–Crippen MR) is 58.0 cm³/mol. The predicted octanol–water partition coefficient (Wildman–Crippen LogP) is 1.97. The van der Waals surface area contributed by atoms with Crippen LogP contribution in [-0.2, 0) is 4.79 Å². The highest BCUT2D eigenvalue weighted by atomic mass is 16.4. The first kappa shape index (κ1) is 11.7. The minimum absolute atomic E-state index is 0.365. The summed E-state index contributed by atoms with van der Waals surface area (Å²) < 4.78 is 0. The Hall–Kier alpha value is -1.35. The normalized spacial score (nSPS) is 12.8. The van der Waals surface area contributed by atoms with Gasteiger partial charge in [0, 0.05) is 0 Å². The quantitative estimate of drug-likeness (QED) is 0.795. The fraction of sp³-hybridized carbons (Fsp3) is 0.417. The van der Waals surface area contributed by atoms with Gasteiger partial charge in [0.05, 0.1) is 6.61 Å². The molecule has 3 nitrogen and oxygen atoms in total. The molecule has 0 spiro atoms. The zero-order valence-corrected chi connectivity index (χ0v) is 8.97. The number of carboxylic acids is 1. The van der Waals surface area contributed by atoms with E-state index in [1.807, 2.05) is 12.1 Å². The number of hydrogen-bond acceptors (Lipinski definition) is 2. The van der Waals surface area contributed by atoms with Gasteiger partial charge in [0.25, 0.3) is 0 Å². The van der Waals surface area contributed by atoms with E-state index in [1.54, 1.807) is 12.1 Å². The number of aliphatic hydroxyl groups excluding tert-OH is 1. The lowest BCUT2D eigenvalue weighted by Crippen LogP contribution is -2.15. The Morgan fingerprint density at radius 1 is 1.20 bits per heavy atom. The first-order valence-corrected chi connectivity index (χ1v) is 4.99. The van der Waals surface area contributed by atoms with Gasteiger partial charge in [-0.1, -0.05) is 38.1 Å². The van der Waals surface area contributed by atoms with Gasteiger partial charge in [-0.3, -0.25) is 4.79 Å². The van der Waals surface area contributed by atoms with E-state index in [2.05, 4.69) is 13.8 Å². The number of hydrogen-bond donors (Lipinski definition) is 2. The van der Waals surface area contributed by atoms with Crippen molar-refractivity contribution in [2.75, 3.05) is 6.61 Å². The molecule has 82 valence electrons. The highest BCUT2D eigenvalue weighted by Crippen LogP contribution is 2.20. The Kier molecular flexibility index (Phi) is 3.86. The molecule has 0 heterocycles. The Bertz CT molecular complexity index is 327. The monoisotopic (exact) mass is 208 g/mol. The molecule has 15 heavy (non-hydrogen) atoms. The lowest BCUT2D eigenvalue weighted by molar-refractivity contribution is -0.139. The van der Waals surface area contributed by atoms with Crippen molar-refractivity contribution in [1.82, 2.24) is 0 Å². The second-order valence-electron chi connectivity index (χ2n) is 3.89. The van der Waals surface area contributed by atoms with Crippen LogP contribution >= 0.6 is 0 Å². The van der Waals surface area contributed by atoms with E-state index in [0.717, 1.165) is 0 Å². The summed E-state index contributed by atoms with van der Waals surface area (Å²) in [7, 11) is 0. The lowest BCUT2D eigenvalue weighted by Gasteiger charge is -2.11. The summed E-state index contributed by atoms with van der Waals surface area (Å²) in [6.45, 7) is 3.79. The molecule has 1 rings (SSSR count). The second-order valence-corrected chi connectivity index (χ2v) is 3.89. The van der Waals surface area contributed by atoms with Gasteiger partial charge in [0.2, 0.25) is 0 Å². The molecule has 1 aromatic carbocycles. The number of aliphatic carboxylic acids is 1. The number of aliphatic hydroxyl groups is 1. The van der Waals surface area contributed by atoms with E-state index in [1.165, 1.54) is 5.56 Å². The maximum absolute atomic E-state index is 10.8. The van der Waals surface area contributed by atoms with Gasteiger partial charge in [-0.05, 0) is 17.0 Å². The maximum Gasteiger partial charge on any atom is 0.313 e. The van der Waals surface area contributed by atoms with Crippen LogP contribution in [0.2, 0.25) is 0 Å². The largest absolute Gasteiger partial charge is 0.481 e. The van der Waals surface area contributed by atoms with Gasteiger partial charge >= 0.3 is 5.97 Å². The fourth-order valence-electron chi connectivity index (χ4n) is 1.44. The van der Waals surface area contributed by atoms with Crippen molar-refractivity contribution in [3.63, 3.8) is 0 Å². The van der Waals surface area contributed by atoms with E-state index in [9.17, 15) is 4.79 Å². The van der Waals surface area contributed by atoms with E-state index >= 15 is 0 Å². The molecular formula is C12H16O3. The van der Waals surface area contributed by atoms with Crippen molar-refractivity contribution < 1.29 is 15.0 Å². The lowest BCUT2D eigenvalue weighted by atomic mass is 9.96. The van der Waals surface area contributed by atoms with Gasteiger partial charge in [-0.25, -0.2) is 0 Å². The Morgan fingerprint density at radius 3 is 2.00 bits per heavy atom. The summed E-state index contributed by atoms with van der Waals surface area (Å²) in [5.74, 6) is -1.38. The van der Waals surface area contributed by atoms with Crippen LogP contribution in [-0.4, -0.2) is 22.8 Å². The molecule has 1 atom stereocenters. The van der Waals surface area contributed by atoms with Gasteiger partial charge in [-0.2, -0.15) is 0 Å². The molecule has 0 aliphatic carbocycles. The summed E-state index contributed by atoms with van der Waals surface area (Å²) >= 11 is 0. The number of carboxylic acid groups (broad SMARTS) is 1. The van der Waals surface area contributed by atoms with Crippen molar-refractivity contribution in [2.45, 2.75) is 25.7 Å². The van der Waals surface area contributed by atoms with Crippen molar-refractivity contribution >= 4 is 5.97 Å². The van der Waals surface area contributed by atoms with Gasteiger partial charge in [-0.15, -0.1) is 0 Å². The summed E-state index contributed by atoms with van der Waals surface area (Å²) in [5, 5.41) is 17.8. The molecule has 0 saturated carbocycles. The Balaban J connectivity index is 2.92. The molecule has 2 N–H and O–H groups in total. The van der Waals surface area contributed by atoms with E-state index in [-0.39, 0.29) is 6.61 Å². The fourth-order valence-corrected chi connectivity index (χ4v) is 1.44. The zero-order chi connectivity index (χ0) is 11.4. The number of rotatable bonds is 4. The van der Waals surface area contributed by atoms with Gasteiger partial charge in [0.15, 0.2) is 0 Å². The van der Waals surface area contributed by atoms with Gasteiger partial charge in [0.1, 0.15) is 5.92 Å². The summed E-state index contributed by atoms with van der Waals surface area (Å²) in [5.41, 5.74) is 1.82. The average Bonchev–Trinajstić information content (AvgIpc) is 2.19. The minimum Gasteiger partial charge on any atom is -0.481 e. The summed E-state index contributed by atoms with van der Waals surface area (Å²) in [6, 6.07) is 7.35. The molecule has 0 bridgehead atoms. The van der Waals surface area contributed by atoms with Crippen LogP contribution < -0.4 is 0 Å². The molecule has 1 aromatic rings. The van der Waals surface area contributed by atoms with Gasteiger partial charge < -0.3 is 10.2 Å². The molecule has 0 aliphatic rings. The molecule has 1 unspecified atom stereocenters. The van der Waals surface area contributed by atoms with E-state index < -0.39 is 11.9 Å². The zero-order valence-electron chi connectivity index (χ0n) is 8.97. The third-order valence-corrected chi connectivity index (χ3v) is 2.49. The van der Waals surface area contributed by atoms with Crippen molar-refractivity contribution in [3.8, 4) is 0 Å². The SMILES string of the molecule is CC(C)c1ccc(C(CO)C(=O)O)cc1.